The summed E-state index contributed by atoms with van der Waals surface area (Å²) in [7, 11) is 1.99. The Bertz CT molecular complexity index is 273. The number of likely N-dealkylation sites (tertiary alicyclic amines) is 1. The van der Waals surface area contributed by atoms with Crippen molar-refractivity contribution in [3.05, 3.63) is 0 Å². The molecule has 0 aromatic rings. The molecule has 4 nitrogen and oxygen atoms in total. The highest BCUT2D eigenvalue weighted by Gasteiger charge is 2.56. The molecular formula is C12H22N2O2. The molecule has 1 heterocycles. The number of ether oxygens (including phenoxy) is 1. The van der Waals surface area contributed by atoms with Crippen LogP contribution in [-0.4, -0.2) is 43.3 Å². The number of nitrogens with one attached hydrogen (secondary N) is 1. The Morgan fingerprint density at radius 1 is 1.38 bits per heavy atom. The second kappa shape index (κ2) is 3.91. The molecule has 1 amide bonds. The van der Waals surface area contributed by atoms with E-state index in [2.05, 4.69) is 5.32 Å². The number of hydrogen-bond donors (Lipinski definition) is 1. The van der Waals surface area contributed by atoms with Crippen molar-refractivity contribution in [2.75, 3.05) is 26.7 Å². The van der Waals surface area contributed by atoms with Gasteiger partial charge in [0.1, 0.15) is 5.60 Å². The highest BCUT2D eigenvalue weighted by atomic mass is 16.6. The van der Waals surface area contributed by atoms with Crippen molar-refractivity contribution >= 4 is 6.09 Å². The molecule has 0 radical (unpaired) electrons. The lowest BCUT2D eigenvalue weighted by Crippen LogP contribution is -2.37. The van der Waals surface area contributed by atoms with Crippen LogP contribution in [0.5, 0.6) is 0 Å². The molecule has 4 heteroatoms. The van der Waals surface area contributed by atoms with E-state index < -0.39 is 0 Å². The minimum absolute atomic E-state index is 0.150. The van der Waals surface area contributed by atoms with Gasteiger partial charge in [0.25, 0.3) is 0 Å². The number of carbonyl (C=O) groups is 1. The van der Waals surface area contributed by atoms with Gasteiger partial charge in [0.15, 0.2) is 0 Å². The largest absolute Gasteiger partial charge is 0.444 e. The number of hydrogen-bond acceptors (Lipinski definition) is 3. The Morgan fingerprint density at radius 2 is 1.94 bits per heavy atom. The summed E-state index contributed by atoms with van der Waals surface area (Å²) in [5.74, 6) is 2.20. The summed E-state index contributed by atoms with van der Waals surface area (Å²) < 4.78 is 5.36. The van der Waals surface area contributed by atoms with Crippen LogP contribution in [0, 0.1) is 17.8 Å². The van der Waals surface area contributed by atoms with Crippen molar-refractivity contribution in [3.63, 3.8) is 0 Å². The molecule has 2 unspecified atom stereocenters. The van der Waals surface area contributed by atoms with E-state index in [9.17, 15) is 4.79 Å². The van der Waals surface area contributed by atoms with Crippen LogP contribution in [0.15, 0.2) is 0 Å². The molecule has 1 saturated heterocycles. The highest BCUT2D eigenvalue weighted by molar-refractivity contribution is 5.68. The summed E-state index contributed by atoms with van der Waals surface area (Å²) in [6.07, 6.45) is -0.150. The average Bonchev–Trinajstić information content (AvgIpc) is 2.60. The first-order valence-electron chi connectivity index (χ1n) is 6.05. The fourth-order valence-electron chi connectivity index (χ4n) is 2.66. The highest BCUT2D eigenvalue weighted by Crippen LogP contribution is 2.51. The maximum Gasteiger partial charge on any atom is 0.410 e. The smallest absolute Gasteiger partial charge is 0.410 e. The third kappa shape index (κ3) is 2.32. The van der Waals surface area contributed by atoms with Crippen LogP contribution in [-0.2, 0) is 4.74 Å². The van der Waals surface area contributed by atoms with E-state index in [1.807, 2.05) is 32.7 Å². The van der Waals surface area contributed by atoms with Gasteiger partial charge in [-0.1, -0.05) is 0 Å². The normalized spacial score (nSPS) is 32.5. The number of rotatable bonds is 2. The van der Waals surface area contributed by atoms with Gasteiger partial charge in [-0.15, -0.1) is 0 Å². The van der Waals surface area contributed by atoms with Crippen LogP contribution >= 0.6 is 0 Å². The van der Waals surface area contributed by atoms with Crippen LogP contribution in [0.25, 0.3) is 0 Å². The molecule has 0 bridgehead atoms. The molecule has 2 aliphatic rings. The van der Waals surface area contributed by atoms with Crippen LogP contribution in [0.1, 0.15) is 20.8 Å². The van der Waals surface area contributed by atoms with Gasteiger partial charge in [-0.25, -0.2) is 4.79 Å². The third-order valence-electron chi connectivity index (χ3n) is 3.46. The van der Waals surface area contributed by atoms with Crippen molar-refractivity contribution in [3.8, 4) is 0 Å². The Balaban J connectivity index is 1.78. The number of carbonyl (C=O) groups excluding carboxylic acids is 1. The molecular weight excluding hydrogens is 204 g/mol. The second-order valence-electron chi connectivity index (χ2n) is 5.93. The summed E-state index contributed by atoms with van der Waals surface area (Å²) in [5.41, 5.74) is -0.381. The van der Waals surface area contributed by atoms with E-state index in [1.54, 1.807) is 0 Å². The van der Waals surface area contributed by atoms with Gasteiger partial charge < -0.3 is 15.0 Å². The number of piperidine rings is 1. The van der Waals surface area contributed by atoms with E-state index in [4.69, 9.17) is 4.74 Å². The zero-order valence-electron chi connectivity index (χ0n) is 10.6. The lowest BCUT2D eigenvalue weighted by Gasteiger charge is -2.25. The van der Waals surface area contributed by atoms with E-state index >= 15 is 0 Å². The van der Waals surface area contributed by atoms with Gasteiger partial charge in [0.2, 0.25) is 0 Å². The minimum atomic E-state index is -0.381. The quantitative estimate of drug-likeness (QED) is 0.772. The lowest BCUT2D eigenvalue weighted by molar-refractivity contribution is 0.0266. The van der Waals surface area contributed by atoms with Crippen LogP contribution in [0.3, 0.4) is 0 Å². The van der Waals surface area contributed by atoms with Crippen molar-refractivity contribution in [1.82, 2.24) is 10.2 Å². The van der Waals surface area contributed by atoms with Gasteiger partial charge in [-0.05, 0) is 52.1 Å². The Labute approximate surface area is 97.3 Å². The molecule has 0 aromatic carbocycles. The van der Waals surface area contributed by atoms with E-state index in [1.165, 1.54) is 0 Å². The number of amides is 1. The fourth-order valence-corrected chi connectivity index (χ4v) is 2.66. The first-order chi connectivity index (χ1) is 7.42. The molecule has 3 atom stereocenters. The van der Waals surface area contributed by atoms with Crippen LogP contribution < -0.4 is 5.32 Å². The van der Waals surface area contributed by atoms with Gasteiger partial charge in [-0.2, -0.15) is 0 Å². The van der Waals surface area contributed by atoms with E-state index in [0.717, 1.165) is 25.6 Å². The topological polar surface area (TPSA) is 41.6 Å². The molecule has 16 heavy (non-hydrogen) atoms. The van der Waals surface area contributed by atoms with E-state index in [-0.39, 0.29) is 11.7 Å². The predicted molar refractivity (Wildman–Crippen MR) is 62.2 cm³/mol. The van der Waals surface area contributed by atoms with Crippen LogP contribution in [0.4, 0.5) is 4.79 Å². The zero-order chi connectivity index (χ0) is 11.9. The summed E-state index contributed by atoms with van der Waals surface area (Å²) in [6.45, 7) is 8.57. The Kier molecular flexibility index (Phi) is 2.86. The molecule has 1 aliphatic heterocycles. The van der Waals surface area contributed by atoms with Gasteiger partial charge >= 0.3 is 6.09 Å². The van der Waals surface area contributed by atoms with Crippen LogP contribution in [0.2, 0.25) is 0 Å². The molecule has 92 valence electrons. The number of nitrogens with zero attached hydrogens (tertiary/aromatic N) is 1. The van der Waals surface area contributed by atoms with Gasteiger partial charge in [0.05, 0.1) is 0 Å². The van der Waals surface area contributed by atoms with Gasteiger partial charge in [-0.3, -0.25) is 0 Å². The minimum Gasteiger partial charge on any atom is -0.444 e. The summed E-state index contributed by atoms with van der Waals surface area (Å²) in [4.78, 5) is 13.6. The summed E-state index contributed by atoms with van der Waals surface area (Å²) in [6, 6.07) is 0. The molecule has 0 spiro atoms. The standard InChI is InChI=1S/C12H22N2O2/c1-12(2,3)16-11(15)14-6-9-8(5-13-4)10(9)7-14/h8-10,13H,5-7H2,1-4H3/t8?,9-,10?/m1/s1. The van der Waals surface area contributed by atoms with E-state index in [0.29, 0.717) is 11.8 Å². The molecule has 1 aliphatic carbocycles. The van der Waals surface area contributed by atoms with Gasteiger partial charge in [0, 0.05) is 13.1 Å². The molecule has 2 fully saturated rings. The number of fused-ring (bicyclic) bond motifs is 1. The molecule has 1 N–H and O–H groups in total. The summed E-state index contributed by atoms with van der Waals surface area (Å²) in [5, 5.41) is 3.21. The zero-order valence-corrected chi connectivity index (χ0v) is 10.6. The first kappa shape index (κ1) is 11.7. The van der Waals surface area contributed by atoms with Crippen molar-refractivity contribution in [2.24, 2.45) is 17.8 Å². The average molecular weight is 226 g/mol. The maximum atomic E-state index is 11.8. The predicted octanol–water partition coefficient (Wildman–Crippen LogP) is 1.32. The SMILES string of the molecule is CNCC1C2CN(C(=O)OC(C)(C)C)C[C@H]12. The molecule has 1 saturated carbocycles. The maximum absolute atomic E-state index is 11.8. The summed E-state index contributed by atoms with van der Waals surface area (Å²) >= 11 is 0. The third-order valence-corrected chi connectivity index (χ3v) is 3.46. The van der Waals surface area contributed by atoms with Crippen molar-refractivity contribution < 1.29 is 9.53 Å². The fraction of sp³-hybridized carbons (Fsp3) is 0.917. The second-order valence-corrected chi connectivity index (χ2v) is 5.93. The van der Waals surface area contributed by atoms with Crippen molar-refractivity contribution in [1.29, 1.82) is 0 Å². The Morgan fingerprint density at radius 3 is 2.38 bits per heavy atom. The molecule has 0 aromatic heterocycles. The monoisotopic (exact) mass is 226 g/mol. The first-order valence-corrected chi connectivity index (χ1v) is 6.05. The molecule has 2 rings (SSSR count). The lowest BCUT2D eigenvalue weighted by atomic mass is 10.2. The van der Waals surface area contributed by atoms with Crippen molar-refractivity contribution in [2.45, 2.75) is 26.4 Å². The Hall–Kier alpha value is -0.770.